The maximum atomic E-state index is 12.0. The molecule has 0 N–H and O–H groups in total. The fourth-order valence-corrected chi connectivity index (χ4v) is 5.02. The normalized spacial score (nSPS) is 11.4. The van der Waals surface area contributed by atoms with E-state index >= 15 is 0 Å². The predicted molar refractivity (Wildman–Crippen MR) is 160 cm³/mol. The van der Waals surface area contributed by atoms with Gasteiger partial charge < -0.3 is 4.74 Å². The van der Waals surface area contributed by atoms with Gasteiger partial charge >= 0.3 is 11.9 Å². The third-order valence-electron chi connectivity index (χ3n) is 7.50. The zero-order chi connectivity index (χ0) is 27.2. The molecule has 0 rings (SSSR count). The van der Waals surface area contributed by atoms with Crippen LogP contribution in [0.15, 0.2) is 0 Å². The number of hydrogen-bond donors (Lipinski definition) is 0. The average Bonchev–Trinajstić information content (AvgIpc) is 2.87. The largest absolute Gasteiger partial charge is 0.392 e. The number of esters is 2. The molecule has 0 aromatic heterocycles. The Morgan fingerprint density at radius 3 is 1.16 bits per heavy atom. The minimum atomic E-state index is -0.402. The molecule has 0 spiro atoms. The Hall–Kier alpha value is -0.900. The zero-order valence-corrected chi connectivity index (χ0v) is 25.5. The second kappa shape index (κ2) is 29.7. The predicted octanol–water partition coefficient (Wildman–Crippen LogP) is 10.2. The summed E-state index contributed by atoms with van der Waals surface area (Å²) in [5, 5.41) is 0. The van der Waals surface area contributed by atoms with Crippen LogP contribution in [-0.4, -0.2) is 37.0 Å². The highest BCUT2D eigenvalue weighted by Gasteiger charge is 2.12. The molecule has 0 aromatic carbocycles. The van der Waals surface area contributed by atoms with Gasteiger partial charge in [-0.3, -0.25) is 14.5 Å². The number of likely N-dealkylation sites (N-methyl/N-ethyl adjacent to an activating group) is 1. The number of ether oxygens (including phenoxy) is 1. The van der Waals surface area contributed by atoms with Crippen molar-refractivity contribution >= 4 is 11.9 Å². The third kappa shape index (κ3) is 29.5. The van der Waals surface area contributed by atoms with E-state index in [1.807, 2.05) is 11.9 Å². The summed E-state index contributed by atoms with van der Waals surface area (Å²) >= 11 is 0. The van der Waals surface area contributed by atoms with Gasteiger partial charge in [-0.15, -0.1) is 0 Å². The summed E-state index contributed by atoms with van der Waals surface area (Å²) in [6.07, 6.45) is 33.0. The number of carbonyl (C=O) groups excluding carboxylic acids is 2. The van der Waals surface area contributed by atoms with Gasteiger partial charge in [0.05, 0.1) is 6.54 Å². The molecule has 0 fully saturated rings. The Balaban J connectivity index is 3.41. The lowest BCUT2D eigenvalue weighted by Crippen LogP contribution is -2.29. The van der Waals surface area contributed by atoms with E-state index < -0.39 is 5.97 Å². The number of rotatable bonds is 29. The number of hydrogen-bond acceptors (Lipinski definition) is 4. The van der Waals surface area contributed by atoms with Crippen LogP contribution >= 0.6 is 0 Å². The van der Waals surface area contributed by atoms with E-state index in [0.717, 1.165) is 25.8 Å². The molecule has 0 aliphatic carbocycles. The highest BCUT2D eigenvalue weighted by Crippen LogP contribution is 2.14. The van der Waals surface area contributed by atoms with Gasteiger partial charge in [0.25, 0.3) is 0 Å². The van der Waals surface area contributed by atoms with Crippen LogP contribution in [0.1, 0.15) is 181 Å². The first-order chi connectivity index (χ1) is 18.1. The Kier molecular flexibility index (Phi) is 28.9. The summed E-state index contributed by atoms with van der Waals surface area (Å²) in [6.45, 7) is 5.63. The molecular formula is C33H65NO3. The second-order valence-corrected chi connectivity index (χ2v) is 11.5. The van der Waals surface area contributed by atoms with Crippen molar-refractivity contribution < 1.29 is 14.3 Å². The minimum absolute atomic E-state index is 0.210. The molecular weight excluding hydrogens is 458 g/mol. The van der Waals surface area contributed by atoms with E-state index in [2.05, 4.69) is 13.8 Å². The highest BCUT2D eigenvalue weighted by atomic mass is 16.6. The van der Waals surface area contributed by atoms with Crippen LogP contribution < -0.4 is 0 Å². The van der Waals surface area contributed by atoms with Crippen molar-refractivity contribution in [2.45, 2.75) is 181 Å². The van der Waals surface area contributed by atoms with Crippen molar-refractivity contribution in [3.63, 3.8) is 0 Å². The van der Waals surface area contributed by atoms with Crippen LogP contribution in [0.3, 0.4) is 0 Å². The zero-order valence-electron chi connectivity index (χ0n) is 25.5. The molecule has 0 unspecified atom stereocenters. The SMILES string of the molecule is CCCCCCCCCCCCCCCCCC(=O)OC(=O)CN(C)CCCCCCCCCCCC. The summed E-state index contributed by atoms with van der Waals surface area (Å²) in [7, 11) is 1.94. The first-order valence-electron chi connectivity index (χ1n) is 16.5. The number of nitrogens with zero attached hydrogens (tertiary/aromatic N) is 1. The van der Waals surface area contributed by atoms with Gasteiger partial charge in [0.2, 0.25) is 0 Å². The molecule has 0 atom stereocenters. The smallest absolute Gasteiger partial charge is 0.327 e. The van der Waals surface area contributed by atoms with E-state index in [1.165, 1.54) is 141 Å². The topological polar surface area (TPSA) is 46.6 Å². The number of unbranched alkanes of at least 4 members (excludes halogenated alkanes) is 23. The lowest BCUT2D eigenvalue weighted by molar-refractivity contribution is -0.160. The standard InChI is InChI=1S/C33H65NO3/c1-4-6-8-10-12-14-16-17-18-19-20-21-23-25-27-29-32(35)37-33(36)31-34(3)30-28-26-24-22-15-13-11-9-7-5-2/h4-31H2,1-3H3. The van der Waals surface area contributed by atoms with Gasteiger partial charge in [-0.05, 0) is 26.4 Å². The van der Waals surface area contributed by atoms with Crippen LogP contribution in [0.4, 0.5) is 0 Å². The van der Waals surface area contributed by atoms with Crippen LogP contribution in [0.2, 0.25) is 0 Å². The quantitative estimate of drug-likeness (QED) is 0.0555. The van der Waals surface area contributed by atoms with Crippen LogP contribution in [0.5, 0.6) is 0 Å². The Bertz CT molecular complexity index is 494. The molecule has 220 valence electrons. The molecule has 4 heteroatoms. The molecule has 4 nitrogen and oxygen atoms in total. The summed E-state index contributed by atoms with van der Waals surface area (Å²) in [5.41, 5.74) is 0. The van der Waals surface area contributed by atoms with Crippen molar-refractivity contribution in [2.24, 2.45) is 0 Å². The van der Waals surface area contributed by atoms with Crippen LogP contribution in [0, 0.1) is 0 Å². The van der Waals surface area contributed by atoms with Gasteiger partial charge in [-0.25, -0.2) is 0 Å². The molecule has 0 saturated carbocycles. The highest BCUT2D eigenvalue weighted by molar-refractivity contribution is 5.86. The van der Waals surface area contributed by atoms with Crippen molar-refractivity contribution in [3.05, 3.63) is 0 Å². The van der Waals surface area contributed by atoms with Gasteiger partial charge in [-0.1, -0.05) is 162 Å². The second-order valence-electron chi connectivity index (χ2n) is 11.5. The summed E-state index contributed by atoms with van der Waals surface area (Å²) in [4.78, 5) is 26.0. The molecule has 0 heterocycles. The van der Waals surface area contributed by atoms with Gasteiger partial charge in [0.1, 0.15) is 0 Å². The molecule has 0 aliphatic heterocycles. The van der Waals surface area contributed by atoms with E-state index in [4.69, 9.17) is 4.74 Å². The van der Waals surface area contributed by atoms with Gasteiger partial charge in [0, 0.05) is 6.42 Å². The van der Waals surface area contributed by atoms with Crippen molar-refractivity contribution in [3.8, 4) is 0 Å². The van der Waals surface area contributed by atoms with Crippen molar-refractivity contribution in [2.75, 3.05) is 20.1 Å². The fourth-order valence-electron chi connectivity index (χ4n) is 5.02. The molecule has 0 radical (unpaired) electrons. The molecule has 0 aliphatic rings. The molecule has 0 bridgehead atoms. The van der Waals surface area contributed by atoms with Gasteiger partial charge in [0.15, 0.2) is 0 Å². The first kappa shape index (κ1) is 36.1. The lowest BCUT2D eigenvalue weighted by Gasteiger charge is -2.15. The first-order valence-corrected chi connectivity index (χ1v) is 16.5. The maximum absolute atomic E-state index is 12.0. The molecule has 0 saturated heterocycles. The molecule has 0 amide bonds. The molecule has 0 aromatic rings. The maximum Gasteiger partial charge on any atom is 0.327 e. The van der Waals surface area contributed by atoms with Gasteiger partial charge in [-0.2, -0.15) is 0 Å². The third-order valence-corrected chi connectivity index (χ3v) is 7.50. The minimum Gasteiger partial charge on any atom is -0.392 e. The van der Waals surface area contributed by atoms with E-state index in [-0.39, 0.29) is 12.5 Å². The average molecular weight is 524 g/mol. The van der Waals surface area contributed by atoms with E-state index in [0.29, 0.717) is 6.42 Å². The fraction of sp³-hybridized carbons (Fsp3) is 0.939. The Labute approximate surface area is 232 Å². The molecule has 37 heavy (non-hydrogen) atoms. The lowest BCUT2D eigenvalue weighted by atomic mass is 10.0. The summed E-state index contributed by atoms with van der Waals surface area (Å²) in [6, 6.07) is 0. The summed E-state index contributed by atoms with van der Waals surface area (Å²) < 4.78 is 5.02. The van der Waals surface area contributed by atoms with Crippen molar-refractivity contribution in [1.29, 1.82) is 0 Å². The van der Waals surface area contributed by atoms with Crippen molar-refractivity contribution in [1.82, 2.24) is 4.90 Å². The van der Waals surface area contributed by atoms with E-state index in [1.54, 1.807) is 0 Å². The number of carbonyl (C=O) groups is 2. The monoisotopic (exact) mass is 523 g/mol. The summed E-state index contributed by atoms with van der Waals surface area (Å²) in [5.74, 6) is -0.757. The van der Waals surface area contributed by atoms with E-state index in [9.17, 15) is 9.59 Å². The Morgan fingerprint density at radius 1 is 0.459 bits per heavy atom. The van der Waals surface area contributed by atoms with Crippen LogP contribution in [-0.2, 0) is 14.3 Å². The Morgan fingerprint density at radius 2 is 0.784 bits per heavy atom. The van der Waals surface area contributed by atoms with Crippen LogP contribution in [0.25, 0.3) is 0 Å².